The summed E-state index contributed by atoms with van der Waals surface area (Å²) in [4.78, 5) is 23.1. The van der Waals surface area contributed by atoms with Gasteiger partial charge < -0.3 is 9.47 Å². The van der Waals surface area contributed by atoms with Crippen molar-refractivity contribution < 1.29 is 19.1 Å². The second-order valence-electron chi connectivity index (χ2n) is 5.47. The Bertz CT molecular complexity index is 256. The molecule has 0 bridgehead atoms. The Morgan fingerprint density at radius 3 is 1.67 bits per heavy atom. The summed E-state index contributed by atoms with van der Waals surface area (Å²) in [5.74, 6) is -0.560. The molecule has 21 heavy (non-hydrogen) atoms. The molecular weight excluding hydrogens is 268 g/mol. The molecule has 0 heterocycles. The van der Waals surface area contributed by atoms with Gasteiger partial charge in [0.1, 0.15) is 0 Å². The fraction of sp³-hybridized carbons (Fsp3) is 0.882. The predicted octanol–water partition coefficient (Wildman–Crippen LogP) is 4.75. The van der Waals surface area contributed by atoms with Crippen molar-refractivity contribution in [2.75, 3.05) is 0 Å². The van der Waals surface area contributed by atoms with Crippen molar-refractivity contribution in [3.63, 3.8) is 0 Å². The summed E-state index contributed by atoms with van der Waals surface area (Å²) in [5.41, 5.74) is 0. The third-order valence-corrected chi connectivity index (χ3v) is 3.23. The lowest BCUT2D eigenvalue weighted by molar-refractivity contribution is -0.189. The Balaban J connectivity index is 4.05. The zero-order valence-corrected chi connectivity index (χ0v) is 14.0. The van der Waals surface area contributed by atoms with E-state index in [-0.39, 0.29) is 11.9 Å². The van der Waals surface area contributed by atoms with Gasteiger partial charge >= 0.3 is 11.9 Å². The Kier molecular flexibility index (Phi) is 13.2. The van der Waals surface area contributed by atoms with Crippen molar-refractivity contribution in [2.45, 2.75) is 97.7 Å². The Morgan fingerprint density at radius 1 is 0.714 bits per heavy atom. The normalized spacial score (nSPS) is 10.7. The molecule has 0 N–H and O–H groups in total. The standard InChI is InChI=1S/C17H32O4/c1-4-7-8-9-10-11-14-17(20-15(18)12-5-2)21-16(19)13-6-3/h17H,4-14H2,1-3H3. The van der Waals surface area contributed by atoms with Crippen molar-refractivity contribution in [3.8, 4) is 0 Å². The predicted molar refractivity (Wildman–Crippen MR) is 83.8 cm³/mol. The molecule has 0 aliphatic rings. The lowest BCUT2D eigenvalue weighted by atomic mass is 10.1. The highest BCUT2D eigenvalue weighted by Crippen LogP contribution is 2.13. The van der Waals surface area contributed by atoms with Crippen LogP contribution >= 0.6 is 0 Å². The van der Waals surface area contributed by atoms with Gasteiger partial charge in [-0.25, -0.2) is 0 Å². The molecular formula is C17H32O4. The van der Waals surface area contributed by atoms with Crippen LogP contribution < -0.4 is 0 Å². The minimum atomic E-state index is -0.700. The highest BCUT2D eigenvalue weighted by Gasteiger charge is 2.17. The average Bonchev–Trinajstić information content (AvgIpc) is 2.43. The summed E-state index contributed by atoms with van der Waals surface area (Å²) in [7, 11) is 0. The zero-order chi connectivity index (χ0) is 15.9. The summed E-state index contributed by atoms with van der Waals surface area (Å²) in [5, 5.41) is 0. The third kappa shape index (κ3) is 12.4. The highest BCUT2D eigenvalue weighted by atomic mass is 16.7. The van der Waals surface area contributed by atoms with Gasteiger partial charge in [-0.2, -0.15) is 0 Å². The topological polar surface area (TPSA) is 52.6 Å². The number of hydrogen-bond donors (Lipinski definition) is 0. The molecule has 0 unspecified atom stereocenters. The number of unbranched alkanes of at least 4 members (excludes halogenated alkanes) is 5. The number of hydrogen-bond acceptors (Lipinski definition) is 4. The van der Waals surface area contributed by atoms with Crippen molar-refractivity contribution >= 4 is 11.9 Å². The molecule has 0 atom stereocenters. The van der Waals surface area contributed by atoms with Gasteiger partial charge in [-0.3, -0.25) is 9.59 Å². The van der Waals surface area contributed by atoms with Crippen LogP contribution in [0.5, 0.6) is 0 Å². The second-order valence-corrected chi connectivity index (χ2v) is 5.47. The molecule has 0 fully saturated rings. The molecule has 4 nitrogen and oxygen atoms in total. The first-order chi connectivity index (χ1) is 10.1. The summed E-state index contributed by atoms with van der Waals surface area (Å²) < 4.78 is 10.5. The molecule has 0 aromatic rings. The van der Waals surface area contributed by atoms with Crippen molar-refractivity contribution in [1.29, 1.82) is 0 Å². The Morgan fingerprint density at radius 2 is 1.19 bits per heavy atom. The lowest BCUT2D eigenvalue weighted by Crippen LogP contribution is -2.24. The van der Waals surface area contributed by atoms with Crippen LogP contribution in [0.1, 0.15) is 91.4 Å². The van der Waals surface area contributed by atoms with Crippen LogP contribution in [0.2, 0.25) is 0 Å². The van der Waals surface area contributed by atoms with Crippen molar-refractivity contribution in [1.82, 2.24) is 0 Å². The van der Waals surface area contributed by atoms with Gasteiger partial charge in [0.2, 0.25) is 6.29 Å². The Hall–Kier alpha value is -1.06. The molecule has 0 amide bonds. The Labute approximate surface area is 129 Å². The maximum atomic E-state index is 11.6. The number of ether oxygens (including phenoxy) is 2. The number of carbonyl (C=O) groups excluding carboxylic acids is 2. The largest absolute Gasteiger partial charge is 0.425 e. The minimum Gasteiger partial charge on any atom is -0.425 e. The van der Waals surface area contributed by atoms with E-state index in [1.165, 1.54) is 25.7 Å². The van der Waals surface area contributed by atoms with Gasteiger partial charge in [0.05, 0.1) is 0 Å². The van der Waals surface area contributed by atoms with Gasteiger partial charge in [0.25, 0.3) is 0 Å². The van der Waals surface area contributed by atoms with Crippen LogP contribution in [0.4, 0.5) is 0 Å². The van der Waals surface area contributed by atoms with Gasteiger partial charge in [0.15, 0.2) is 0 Å². The fourth-order valence-electron chi connectivity index (χ4n) is 2.05. The van der Waals surface area contributed by atoms with Crippen LogP contribution in [0.3, 0.4) is 0 Å². The highest BCUT2D eigenvalue weighted by molar-refractivity contribution is 5.71. The van der Waals surface area contributed by atoms with E-state index >= 15 is 0 Å². The summed E-state index contributed by atoms with van der Waals surface area (Å²) in [6.45, 7) is 6.04. The van der Waals surface area contributed by atoms with Crippen LogP contribution in [0, 0.1) is 0 Å². The fourth-order valence-corrected chi connectivity index (χ4v) is 2.05. The molecule has 0 aromatic heterocycles. The second kappa shape index (κ2) is 13.9. The van der Waals surface area contributed by atoms with E-state index in [9.17, 15) is 9.59 Å². The van der Waals surface area contributed by atoms with Gasteiger partial charge in [-0.15, -0.1) is 0 Å². The molecule has 0 saturated carbocycles. The van der Waals surface area contributed by atoms with E-state index in [1.807, 2.05) is 13.8 Å². The maximum absolute atomic E-state index is 11.6. The lowest BCUT2D eigenvalue weighted by Gasteiger charge is -2.18. The summed E-state index contributed by atoms with van der Waals surface area (Å²) in [6, 6.07) is 0. The molecule has 0 radical (unpaired) electrons. The van der Waals surface area contributed by atoms with Crippen molar-refractivity contribution in [3.05, 3.63) is 0 Å². The first-order valence-corrected chi connectivity index (χ1v) is 8.52. The summed E-state index contributed by atoms with van der Waals surface area (Å²) >= 11 is 0. The van der Waals surface area contributed by atoms with Gasteiger partial charge in [-0.05, 0) is 19.3 Å². The van der Waals surface area contributed by atoms with E-state index in [4.69, 9.17) is 9.47 Å². The first-order valence-electron chi connectivity index (χ1n) is 8.52. The zero-order valence-electron chi connectivity index (χ0n) is 14.0. The number of carbonyl (C=O) groups is 2. The van der Waals surface area contributed by atoms with E-state index in [0.29, 0.717) is 19.3 Å². The van der Waals surface area contributed by atoms with Gasteiger partial charge in [-0.1, -0.05) is 52.9 Å². The maximum Gasteiger partial charge on any atom is 0.308 e. The van der Waals surface area contributed by atoms with E-state index in [2.05, 4.69) is 6.92 Å². The molecule has 0 aliphatic carbocycles. The average molecular weight is 300 g/mol. The van der Waals surface area contributed by atoms with Crippen LogP contribution in [-0.4, -0.2) is 18.2 Å². The van der Waals surface area contributed by atoms with E-state index in [1.54, 1.807) is 0 Å². The quantitative estimate of drug-likeness (QED) is 0.280. The smallest absolute Gasteiger partial charge is 0.308 e. The first kappa shape index (κ1) is 19.9. The molecule has 0 saturated heterocycles. The molecule has 0 aliphatic heterocycles. The molecule has 0 aromatic carbocycles. The number of esters is 2. The minimum absolute atomic E-state index is 0.280. The number of rotatable bonds is 13. The van der Waals surface area contributed by atoms with E-state index < -0.39 is 6.29 Å². The molecule has 4 heteroatoms. The van der Waals surface area contributed by atoms with Crippen LogP contribution in [0.25, 0.3) is 0 Å². The summed E-state index contributed by atoms with van der Waals surface area (Å²) in [6.07, 6.45) is 9.07. The monoisotopic (exact) mass is 300 g/mol. The van der Waals surface area contributed by atoms with Crippen LogP contribution in [-0.2, 0) is 19.1 Å². The molecule has 0 spiro atoms. The SMILES string of the molecule is CCCCCCCCC(OC(=O)CCC)OC(=O)CCC. The molecule has 124 valence electrons. The van der Waals surface area contributed by atoms with E-state index in [0.717, 1.165) is 25.7 Å². The third-order valence-electron chi connectivity index (χ3n) is 3.23. The van der Waals surface area contributed by atoms with Crippen molar-refractivity contribution in [2.24, 2.45) is 0 Å². The van der Waals surface area contributed by atoms with Crippen LogP contribution in [0.15, 0.2) is 0 Å². The van der Waals surface area contributed by atoms with Gasteiger partial charge in [0, 0.05) is 19.3 Å². The molecule has 0 rings (SSSR count).